The number of aliphatic hydroxyl groups excluding tert-OH is 1. The van der Waals surface area contributed by atoms with Gasteiger partial charge in [0.05, 0.1) is 24.4 Å². The molecule has 1 saturated carbocycles. The van der Waals surface area contributed by atoms with Crippen LogP contribution in [-0.2, 0) is 4.74 Å². The van der Waals surface area contributed by atoms with Crippen molar-refractivity contribution in [2.45, 2.75) is 25.2 Å². The monoisotopic (exact) mass is 270 g/mol. The fraction of sp³-hybridized carbons (Fsp3) is 0.667. The Kier molecular flexibility index (Phi) is 5.10. The number of amides is 1. The fourth-order valence-electron chi connectivity index (χ4n) is 1.70. The van der Waals surface area contributed by atoms with Crippen molar-refractivity contribution in [2.75, 3.05) is 26.4 Å². The highest BCUT2D eigenvalue weighted by atomic mass is 32.1. The molecule has 0 aliphatic heterocycles. The van der Waals surface area contributed by atoms with Crippen molar-refractivity contribution in [3.8, 4) is 0 Å². The van der Waals surface area contributed by atoms with Gasteiger partial charge in [-0.25, -0.2) is 4.98 Å². The predicted molar refractivity (Wildman–Crippen MR) is 68.9 cm³/mol. The minimum atomic E-state index is -0.0263. The Labute approximate surface area is 110 Å². The summed E-state index contributed by atoms with van der Waals surface area (Å²) in [5.41, 5.74) is 2.71. The van der Waals surface area contributed by atoms with Gasteiger partial charge in [-0.1, -0.05) is 0 Å². The second-order valence-corrected chi connectivity index (χ2v) is 5.14. The number of carbonyl (C=O) groups is 1. The van der Waals surface area contributed by atoms with Crippen LogP contribution in [0.15, 0.2) is 5.51 Å². The van der Waals surface area contributed by atoms with E-state index < -0.39 is 0 Å². The lowest BCUT2D eigenvalue weighted by atomic mass is 10.2. The van der Waals surface area contributed by atoms with Gasteiger partial charge in [0, 0.05) is 19.1 Å². The van der Waals surface area contributed by atoms with Crippen molar-refractivity contribution < 1.29 is 14.6 Å². The Morgan fingerprint density at radius 2 is 2.39 bits per heavy atom. The molecule has 18 heavy (non-hydrogen) atoms. The molecule has 0 unspecified atom stereocenters. The number of nitrogens with zero attached hydrogens (tertiary/aromatic N) is 1. The number of carbonyl (C=O) groups excluding carboxylic acids is 1. The molecule has 0 aromatic carbocycles. The lowest BCUT2D eigenvalue weighted by molar-refractivity contribution is 0.0868. The number of nitrogens with one attached hydrogen (secondary N) is 1. The summed E-state index contributed by atoms with van der Waals surface area (Å²) in [6, 6.07) is 0. The molecule has 0 bridgehead atoms. The molecule has 6 heteroatoms. The molecule has 1 aromatic rings. The van der Waals surface area contributed by atoms with E-state index in [0.717, 1.165) is 29.8 Å². The predicted octanol–water partition coefficient (Wildman–Crippen LogP) is 1.15. The summed E-state index contributed by atoms with van der Waals surface area (Å²) in [5.74, 6) is 0.478. The zero-order chi connectivity index (χ0) is 12.8. The zero-order valence-electron chi connectivity index (χ0n) is 10.2. The zero-order valence-corrected chi connectivity index (χ0v) is 11.0. The largest absolute Gasteiger partial charge is 0.394 e. The summed E-state index contributed by atoms with van der Waals surface area (Å²) in [7, 11) is 0. The van der Waals surface area contributed by atoms with Crippen molar-refractivity contribution in [3.05, 3.63) is 16.1 Å². The van der Waals surface area contributed by atoms with E-state index in [0.29, 0.717) is 25.7 Å². The first-order valence-electron chi connectivity index (χ1n) is 6.23. The van der Waals surface area contributed by atoms with E-state index in [-0.39, 0.29) is 12.5 Å². The lowest BCUT2D eigenvalue weighted by Gasteiger charge is -2.05. The third-order valence-corrected chi connectivity index (χ3v) is 3.59. The van der Waals surface area contributed by atoms with Crippen LogP contribution in [0.5, 0.6) is 0 Å². The molecule has 1 aliphatic carbocycles. The molecule has 1 aliphatic rings. The number of hydrogen-bond donors (Lipinski definition) is 2. The van der Waals surface area contributed by atoms with Crippen molar-refractivity contribution in [1.29, 1.82) is 0 Å². The van der Waals surface area contributed by atoms with Crippen LogP contribution in [0, 0.1) is 0 Å². The van der Waals surface area contributed by atoms with Crippen LogP contribution in [0.4, 0.5) is 0 Å². The summed E-state index contributed by atoms with van der Waals surface area (Å²) >= 11 is 1.41. The van der Waals surface area contributed by atoms with Gasteiger partial charge in [0.25, 0.3) is 5.91 Å². The SMILES string of the molecule is O=C(NCCCOCCO)c1scnc1C1CC1. The van der Waals surface area contributed by atoms with Crippen LogP contribution in [0.25, 0.3) is 0 Å². The number of thiazole rings is 1. The van der Waals surface area contributed by atoms with E-state index in [1.54, 1.807) is 5.51 Å². The second kappa shape index (κ2) is 6.82. The van der Waals surface area contributed by atoms with E-state index in [2.05, 4.69) is 10.3 Å². The Morgan fingerprint density at radius 3 is 3.11 bits per heavy atom. The van der Waals surface area contributed by atoms with E-state index in [9.17, 15) is 4.79 Å². The molecular weight excluding hydrogens is 252 g/mol. The minimum Gasteiger partial charge on any atom is -0.394 e. The van der Waals surface area contributed by atoms with Crippen molar-refractivity contribution in [1.82, 2.24) is 10.3 Å². The van der Waals surface area contributed by atoms with Crippen LogP contribution in [0.1, 0.15) is 40.5 Å². The van der Waals surface area contributed by atoms with Crippen molar-refractivity contribution in [3.63, 3.8) is 0 Å². The quantitative estimate of drug-likeness (QED) is 0.695. The van der Waals surface area contributed by atoms with Gasteiger partial charge in [0.2, 0.25) is 0 Å². The first-order valence-corrected chi connectivity index (χ1v) is 7.11. The molecule has 100 valence electrons. The molecule has 2 N–H and O–H groups in total. The minimum absolute atomic E-state index is 0.0263. The van der Waals surface area contributed by atoms with Gasteiger partial charge in [-0.15, -0.1) is 11.3 Å². The van der Waals surface area contributed by atoms with Crippen LogP contribution < -0.4 is 5.32 Å². The molecule has 1 amide bonds. The summed E-state index contributed by atoms with van der Waals surface area (Å²) in [4.78, 5) is 17.0. The molecule has 1 heterocycles. The van der Waals surface area contributed by atoms with E-state index in [1.807, 2.05) is 0 Å². The average molecular weight is 270 g/mol. The molecule has 5 nitrogen and oxygen atoms in total. The smallest absolute Gasteiger partial charge is 0.263 e. The van der Waals surface area contributed by atoms with E-state index >= 15 is 0 Å². The maximum atomic E-state index is 11.9. The van der Waals surface area contributed by atoms with Gasteiger partial charge < -0.3 is 15.2 Å². The van der Waals surface area contributed by atoms with Crippen molar-refractivity contribution in [2.24, 2.45) is 0 Å². The molecule has 0 saturated heterocycles. The number of aromatic nitrogens is 1. The van der Waals surface area contributed by atoms with Gasteiger partial charge in [0.15, 0.2) is 0 Å². The van der Waals surface area contributed by atoms with Crippen LogP contribution in [0.3, 0.4) is 0 Å². The number of rotatable bonds is 8. The molecule has 0 spiro atoms. The summed E-state index contributed by atoms with van der Waals surface area (Å²) in [5, 5.41) is 11.4. The van der Waals surface area contributed by atoms with Crippen LogP contribution >= 0.6 is 11.3 Å². The van der Waals surface area contributed by atoms with Gasteiger partial charge >= 0.3 is 0 Å². The third kappa shape index (κ3) is 3.76. The van der Waals surface area contributed by atoms with Crippen molar-refractivity contribution >= 4 is 17.2 Å². The van der Waals surface area contributed by atoms with E-state index in [4.69, 9.17) is 9.84 Å². The number of ether oxygens (including phenoxy) is 1. The Bertz CT molecular complexity index is 390. The molecule has 0 radical (unpaired) electrons. The second-order valence-electron chi connectivity index (χ2n) is 4.29. The molecule has 2 rings (SSSR count). The highest BCUT2D eigenvalue weighted by molar-refractivity contribution is 7.11. The Hall–Kier alpha value is -0.980. The highest BCUT2D eigenvalue weighted by Gasteiger charge is 2.30. The Balaban J connectivity index is 1.69. The number of aliphatic hydroxyl groups is 1. The van der Waals surface area contributed by atoms with E-state index in [1.165, 1.54) is 11.3 Å². The first-order chi connectivity index (χ1) is 8.83. The molecule has 0 atom stereocenters. The Morgan fingerprint density at radius 1 is 1.56 bits per heavy atom. The fourth-order valence-corrected chi connectivity index (χ4v) is 2.49. The maximum Gasteiger partial charge on any atom is 0.263 e. The topological polar surface area (TPSA) is 71.5 Å². The molecule has 1 fully saturated rings. The third-order valence-electron chi connectivity index (χ3n) is 2.75. The highest BCUT2D eigenvalue weighted by Crippen LogP contribution is 2.41. The van der Waals surface area contributed by atoms with Gasteiger partial charge in [0.1, 0.15) is 4.88 Å². The standard InChI is InChI=1S/C12H18N2O3S/c15-5-7-17-6-1-4-13-12(16)11-10(9-2-3-9)14-8-18-11/h8-9,15H,1-7H2,(H,13,16). The average Bonchev–Trinajstić information content (AvgIpc) is 3.11. The van der Waals surface area contributed by atoms with Gasteiger partial charge in [-0.2, -0.15) is 0 Å². The van der Waals surface area contributed by atoms with Crippen LogP contribution in [0.2, 0.25) is 0 Å². The van der Waals surface area contributed by atoms with Gasteiger partial charge in [-0.3, -0.25) is 4.79 Å². The normalized spacial score (nSPS) is 14.7. The van der Waals surface area contributed by atoms with Crippen LogP contribution in [-0.4, -0.2) is 42.4 Å². The summed E-state index contributed by atoms with van der Waals surface area (Å²) < 4.78 is 5.12. The molecule has 1 aromatic heterocycles. The summed E-state index contributed by atoms with van der Waals surface area (Å²) in [6.45, 7) is 1.54. The molecular formula is C12H18N2O3S. The lowest BCUT2D eigenvalue weighted by Crippen LogP contribution is -2.25. The number of hydrogen-bond acceptors (Lipinski definition) is 5. The maximum absolute atomic E-state index is 11.9. The summed E-state index contributed by atoms with van der Waals surface area (Å²) in [6.07, 6.45) is 3.06. The van der Waals surface area contributed by atoms with Gasteiger partial charge in [-0.05, 0) is 19.3 Å². The first kappa shape index (κ1) is 13.5.